The van der Waals surface area contributed by atoms with Gasteiger partial charge in [-0.2, -0.15) is 0 Å². The molecular weight excluding hydrogens is 272 g/mol. The van der Waals surface area contributed by atoms with Gasteiger partial charge in [0.15, 0.2) is 0 Å². The quantitative estimate of drug-likeness (QED) is 0.570. The lowest BCUT2D eigenvalue weighted by molar-refractivity contribution is 1.64. The lowest BCUT2D eigenvalue weighted by atomic mass is 10.0. The van der Waals surface area contributed by atoms with Gasteiger partial charge in [0.1, 0.15) is 0 Å². The van der Waals surface area contributed by atoms with Crippen molar-refractivity contribution in [2.75, 3.05) is 0 Å². The van der Waals surface area contributed by atoms with Crippen LogP contribution in [0.1, 0.15) is 0 Å². The predicted octanol–water partition coefficient (Wildman–Crippen LogP) is 5.27. The van der Waals surface area contributed by atoms with Crippen LogP contribution in [0.15, 0.2) is 71.2 Å². The summed E-state index contributed by atoms with van der Waals surface area (Å²) in [5.74, 6) is 0. The molecule has 0 aliphatic rings. The second-order valence-electron chi connectivity index (χ2n) is 4.07. The molecule has 0 nitrogen and oxygen atoms in total. The minimum absolute atomic E-state index is 1.12. The van der Waals surface area contributed by atoms with Crippen molar-refractivity contribution >= 4 is 26.7 Å². The minimum atomic E-state index is 1.12. The third-order valence-electron chi connectivity index (χ3n) is 2.91. The first kappa shape index (κ1) is 10.5. The largest absolute Gasteiger partial charge is 0.0622 e. The van der Waals surface area contributed by atoms with Crippen LogP contribution in [0.2, 0.25) is 0 Å². The summed E-state index contributed by atoms with van der Waals surface area (Å²) >= 11 is 3.51. The molecule has 0 aliphatic carbocycles. The van der Waals surface area contributed by atoms with E-state index in [2.05, 4.69) is 76.6 Å². The van der Waals surface area contributed by atoms with Crippen LogP contribution in [0.4, 0.5) is 0 Å². The van der Waals surface area contributed by atoms with Gasteiger partial charge in [-0.1, -0.05) is 64.5 Å². The van der Waals surface area contributed by atoms with Crippen LogP contribution in [0, 0.1) is 0 Å². The summed E-state index contributed by atoms with van der Waals surface area (Å²) in [6.07, 6.45) is 0. The van der Waals surface area contributed by atoms with Crippen molar-refractivity contribution in [3.05, 3.63) is 71.2 Å². The molecule has 0 radical (unpaired) electrons. The molecule has 3 aromatic carbocycles. The second kappa shape index (κ2) is 4.34. The van der Waals surface area contributed by atoms with E-state index < -0.39 is 0 Å². The molecule has 0 fully saturated rings. The van der Waals surface area contributed by atoms with Crippen molar-refractivity contribution in [1.29, 1.82) is 0 Å². The Kier molecular flexibility index (Phi) is 2.69. The number of hydrogen-bond donors (Lipinski definition) is 0. The van der Waals surface area contributed by atoms with Gasteiger partial charge in [-0.05, 0) is 40.1 Å². The maximum Gasteiger partial charge on any atom is 0.0181 e. The highest BCUT2D eigenvalue weighted by Crippen LogP contribution is 2.26. The summed E-state index contributed by atoms with van der Waals surface area (Å²) in [5, 5.41) is 2.54. The van der Waals surface area contributed by atoms with E-state index in [9.17, 15) is 0 Å². The monoisotopic (exact) mass is 282 g/mol. The lowest BCUT2D eigenvalue weighted by Crippen LogP contribution is -1.78. The molecular formula is C16H11Br. The van der Waals surface area contributed by atoms with Gasteiger partial charge >= 0.3 is 0 Å². The Labute approximate surface area is 109 Å². The van der Waals surface area contributed by atoms with Crippen molar-refractivity contribution in [2.45, 2.75) is 0 Å². The maximum absolute atomic E-state index is 3.51. The molecule has 3 rings (SSSR count). The molecule has 0 aromatic heterocycles. The molecule has 0 saturated heterocycles. The van der Waals surface area contributed by atoms with Gasteiger partial charge in [0.05, 0.1) is 0 Å². The Morgan fingerprint density at radius 2 is 1.35 bits per heavy atom. The first-order valence-corrected chi connectivity index (χ1v) is 6.37. The molecule has 0 unspecified atom stereocenters. The van der Waals surface area contributed by atoms with Gasteiger partial charge in [-0.25, -0.2) is 0 Å². The normalized spacial score (nSPS) is 10.6. The van der Waals surface area contributed by atoms with Gasteiger partial charge in [0.25, 0.3) is 0 Å². The molecule has 0 atom stereocenters. The highest BCUT2D eigenvalue weighted by Gasteiger charge is 1.99. The first-order valence-electron chi connectivity index (χ1n) is 5.58. The molecule has 1 heteroatoms. The molecule has 0 heterocycles. The Bertz CT molecular complexity index is 657. The first-order chi connectivity index (χ1) is 8.33. The van der Waals surface area contributed by atoms with E-state index in [0.717, 1.165) is 4.47 Å². The summed E-state index contributed by atoms with van der Waals surface area (Å²) < 4.78 is 1.12. The van der Waals surface area contributed by atoms with Gasteiger partial charge in [0.2, 0.25) is 0 Å². The number of hydrogen-bond acceptors (Lipinski definition) is 0. The standard InChI is InChI=1S/C16H11Br/c17-16-9-8-13-6-7-14(10-15(13)11-16)12-4-2-1-3-5-12/h1-11H. The second-order valence-corrected chi connectivity index (χ2v) is 4.99. The fourth-order valence-corrected chi connectivity index (χ4v) is 2.41. The topological polar surface area (TPSA) is 0 Å². The van der Waals surface area contributed by atoms with Crippen LogP contribution in [-0.2, 0) is 0 Å². The Balaban J connectivity index is 2.19. The van der Waals surface area contributed by atoms with Gasteiger partial charge in [-0.15, -0.1) is 0 Å². The SMILES string of the molecule is Brc1ccc2ccc(-c3ccccc3)cc2c1. The summed E-state index contributed by atoms with van der Waals surface area (Å²) in [5.41, 5.74) is 2.52. The molecule has 0 saturated carbocycles. The molecule has 0 amide bonds. The third kappa shape index (κ3) is 2.11. The highest BCUT2D eigenvalue weighted by molar-refractivity contribution is 9.10. The summed E-state index contributed by atoms with van der Waals surface area (Å²) in [7, 11) is 0. The fraction of sp³-hybridized carbons (Fsp3) is 0. The number of halogens is 1. The van der Waals surface area contributed by atoms with Crippen molar-refractivity contribution < 1.29 is 0 Å². The van der Waals surface area contributed by atoms with E-state index in [1.54, 1.807) is 0 Å². The minimum Gasteiger partial charge on any atom is -0.0622 e. The summed E-state index contributed by atoms with van der Waals surface area (Å²) in [6.45, 7) is 0. The van der Waals surface area contributed by atoms with Crippen LogP contribution < -0.4 is 0 Å². The molecule has 82 valence electrons. The van der Waals surface area contributed by atoms with Crippen LogP contribution in [0.5, 0.6) is 0 Å². The molecule has 3 aromatic rings. The Morgan fingerprint density at radius 1 is 0.588 bits per heavy atom. The average Bonchev–Trinajstić information content (AvgIpc) is 2.39. The van der Waals surface area contributed by atoms with Crippen LogP contribution in [0.25, 0.3) is 21.9 Å². The van der Waals surface area contributed by atoms with Crippen molar-refractivity contribution in [3.63, 3.8) is 0 Å². The predicted molar refractivity (Wildman–Crippen MR) is 77.1 cm³/mol. The van der Waals surface area contributed by atoms with Crippen molar-refractivity contribution in [1.82, 2.24) is 0 Å². The van der Waals surface area contributed by atoms with Gasteiger partial charge in [-0.3, -0.25) is 0 Å². The van der Waals surface area contributed by atoms with Gasteiger partial charge < -0.3 is 0 Å². The van der Waals surface area contributed by atoms with E-state index in [1.807, 2.05) is 6.07 Å². The van der Waals surface area contributed by atoms with Crippen molar-refractivity contribution in [3.8, 4) is 11.1 Å². The zero-order chi connectivity index (χ0) is 11.7. The van der Waals surface area contributed by atoms with E-state index in [0.29, 0.717) is 0 Å². The van der Waals surface area contributed by atoms with E-state index in [-0.39, 0.29) is 0 Å². The van der Waals surface area contributed by atoms with E-state index in [1.165, 1.54) is 21.9 Å². The number of fused-ring (bicyclic) bond motifs is 1. The zero-order valence-corrected chi connectivity index (χ0v) is 10.8. The Hall–Kier alpha value is -1.60. The molecule has 0 N–H and O–H groups in total. The highest BCUT2D eigenvalue weighted by atomic mass is 79.9. The molecule has 0 bridgehead atoms. The Morgan fingerprint density at radius 3 is 2.18 bits per heavy atom. The number of rotatable bonds is 1. The zero-order valence-electron chi connectivity index (χ0n) is 9.23. The molecule has 0 aliphatic heterocycles. The maximum atomic E-state index is 3.51. The van der Waals surface area contributed by atoms with E-state index >= 15 is 0 Å². The summed E-state index contributed by atoms with van der Waals surface area (Å²) in [4.78, 5) is 0. The molecule has 0 spiro atoms. The summed E-state index contributed by atoms with van der Waals surface area (Å²) in [6, 6.07) is 23.4. The fourth-order valence-electron chi connectivity index (χ4n) is 2.03. The van der Waals surface area contributed by atoms with E-state index in [4.69, 9.17) is 0 Å². The third-order valence-corrected chi connectivity index (χ3v) is 3.40. The van der Waals surface area contributed by atoms with Crippen LogP contribution in [-0.4, -0.2) is 0 Å². The number of benzene rings is 3. The lowest BCUT2D eigenvalue weighted by Gasteiger charge is -2.04. The van der Waals surface area contributed by atoms with Crippen molar-refractivity contribution in [2.24, 2.45) is 0 Å². The van der Waals surface area contributed by atoms with Crippen LogP contribution >= 0.6 is 15.9 Å². The molecule has 17 heavy (non-hydrogen) atoms. The average molecular weight is 283 g/mol. The van der Waals surface area contributed by atoms with Crippen LogP contribution in [0.3, 0.4) is 0 Å². The smallest absolute Gasteiger partial charge is 0.0181 e. The van der Waals surface area contributed by atoms with Gasteiger partial charge in [0, 0.05) is 4.47 Å².